The predicted molar refractivity (Wildman–Crippen MR) is 54.4 cm³/mol. The molecule has 1 rings (SSSR count). The van der Waals surface area contributed by atoms with Crippen LogP contribution in [0.3, 0.4) is 0 Å². The fraction of sp³-hybridized carbons (Fsp3) is 0.889. The summed E-state index contributed by atoms with van der Waals surface area (Å²) in [5.74, 6) is 0. The van der Waals surface area contributed by atoms with Crippen molar-refractivity contribution >= 4 is 6.02 Å². The molecule has 0 amide bonds. The third-order valence-corrected chi connectivity index (χ3v) is 1.94. The van der Waals surface area contributed by atoms with Crippen LogP contribution in [-0.4, -0.2) is 46.6 Å². The van der Waals surface area contributed by atoms with E-state index in [4.69, 9.17) is 4.74 Å². The van der Waals surface area contributed by atoms with Crippen LogP contribution in [0.25, 0.3) is 0 Å². The first-order chi connectivity index (χ1) is 6.43. The molecule has 14 heavy (non-hydrogen) atoms. The SMILES string of the molecule is CC(C)OC1=NN(C)C(O)N1C(C)C. The highest BCUT2D eigenvalue weighted by Gasteiger charge is 2.33. The molecule has 0 saturated carbocycles. The van der Waals surface area contributed by atoms with Crippen LogP contribution in [0.4, 0.5) is 0 Å². The Morgan fingerprint density at radius 1 is 1.36 bits per heavy atom. The van der Waals surface area contributed by atoms with Crippen LogP contribution >= 0.6 is 0 Å². The van der Waals surface area contributed by atoms with Gasteiger partial charge in [0.15, 0.2) is 0 Å². The molecule has 5 nitrogen and oxygen atoms in total. The van der Waals surface area contributed by atoms with Crippen molar-refractivity contribution in [3.63, 3.8) is 0 Å². The van der Waals surface area contributed by atoms with Crippen LogP contribution in [-0.2, 0) is 4.74 Å². The Balaban J connectivity index is 2.75. The van der Waals surface area contributed by atoms with Gasteiger partial charge in [0.25, 0.3) is 0 Å². The van der Waals surface area contributed by atoms with Gasteiger partial charge in [0.05, 0.1) is 6.10 Å². The summed E-state index contributed by atoms with van der Waals surface area (Å²) in [5.41, 5.74) is 0. The van der Waals surface area contributed by atoms with E-state index in [1.807, 2.05) is 27.7 Å². The number of amidine groups is 1. The summed E-state index contributed by atoms with van der Waals surface area (Å²) < 4.78 is 5.50. The summed E-state index contributed by atoms with van der Waals surface area (Å²) >= 11 is 0. The van der Waals surface area contributed by atoms with E-state index in [-0.39, 0.29) is 12.1 Å². The Morgan fingerprint density at radius 2 is 1.93 bits per heavy atom. The van der Waals surface area contributed by atoms with E-state index >= 15 is 0 Å². The van der Waals surface area contributed by atoms with Gasteiger partial charge in [-0.05, 0) is 27.7 Å². The number of rotatable bonds is 2. The molecule has 0 spiro atoms. The standard InChI is InChI=1S/C9H19N3O2/c1-6(2)12-8(14-7(3)4)10-11(5)9(12)13/h6-7,9,13H,1-5H3. The largest absolute Gasteiger partial charge is 0.461 e. The Hall–Kier alpha value is -0.970. The monoisotopic (exact) mass is 201 g/mol. The lowest BCUT2D eigenvalue weighted by molar-refractivity contribution is -0.0623. The van der Waals surface area contributed by atoms with Gasteiger partial charge in [-0.1, -0.05) is 0 Å². The second-order valence-electron chi connectivity index (χ2n) is 3.97. The lowest BCUT2D eigenvalue weighted by Crippen LogP contribution is -2.46. The highest BCUT2D eigenvalue weighted by Crippen LogP contribution is 2.17. The summed E-state index contributed by atoms with van der Waals surface area (Å²) in [6, 6.07) is 0.650. The molecular formula is C9H19N3O2. The number of hydrogen-bond donors (Lipinski definition) is 1. The first-order valence-corrected chi connectivity index (χ1v) is 4.88. The van der Waals surface area contributed by atoms with Crippen LogP contribution in [0.15, 0.2) is 5.10 Å². The average Bonchev–Trinajstić information content (AvgIpc) is 2.26. The van der Waals surface area contributed by atoms with Gasteiger partial charge < -0.3 is 9.84 Å². The number of hydrogen-bond acceptors (Lipinski definition) is 5. The van der Waals surface area contributed by atoms with Crippen molar-refractivity contribution in [2.24, 2.45) is 5.10 Å². The van der Waals surface area contributed by atoms with Crippen molar-refractivity contribution < 1.29 is 9.84 Å². The summed E-state index contributed by atoms with van der Waals surface area (Å²) in [5, 5.41) is 15.4. The molecule has 0 aromatic heterocycles. The van der Waals surface area contributed by atoms with Gasteiger partial charge in [-0.15, -0.1) is 5.10 Å². The minimum absolute atomic E-state index is 0.0636. The van der Waals surface area contributed by atoms with E-state index < -0.39 is 6.35 Å². The molecule has 1 N–H and O–H groups in total. The van der Waals surface area contributed by atoms with Crippen molar-refractivity contribution in [1.82, 2.24) is 9.91 Å². The molecule has 1 atom stereocenters. The van der Waals surface area contributed by atoms with Crippen LogP contribution < -0.4 is 0 Å². The van der Waals surface area contributed by atoms with Gasteiger partial charge in [0.2, 0.25) is 6.35 Å². The quantitative estimate of drug-likeness (QED) is 0.711. The maximum atomic E-state index is 9.77. The fourth-order valence-electron chi connectivity index (χ4n) is 1.30. The summed E-state index contributed by atoms with van der Waals surface area (Å²) in [7, 11) is 1.72. The van der Waals surface area contributed by atoms with Crippen molar-refractivity contribution in [2.75, 3.05) is 7.05 Å². The van der Waals surface area contributed by atoms with Gasteiger partial charge in [0.1, 0.15) is 0 Å². The zero-order chi connectivity index (χ0) is 10.9. The molecule has 1 aliphatic heterocycles. The minimum atomic E-state index is -0.719. The summed E-state index contributed by atoms with van der Waals surface area (Å²) in [4.78, 5) is 1.74. The lowest BCUT2D eigenvalue weighted by atomic mass is 10.3. The second-order valence-corrected chi connectivity index (χ2v) is 3.97. The predicted octanol–water partition coefficient (Wildman–Crippen LogP) is 0.614. The molecule has 1 unspecified atom stereocenters. The van der Waals surface area contributed by atoms with Crippen LogP contribution in [0.1, 0.15) is 27.7 Å². The normalized spacial score (nSPS) is 22.3. The Kier molecular flexibility index (Phi) is 3.21. The van der Waals surface area contributed by atoms with Gasteiger partial charge in [-0.2, -0.15) is 0 Å². The molecular weight excluding hydrogens is 182 g/mol. The van der Waals surface area contributed by atoms with Crippen LogP contribution in [0.2, 0.25) is 0 Å². The molecule has 1 heterocycles. The van der Waals surface area contributed by atoms with Crippen molar-refractivity contribution in [2.45, 2.75) is 46.2 Å². The topological polar surface area (TPSA) is 48.3 Å². The van der Waals surface area contributed by atoms with Gasteiger partial charge in [-0.25, -0.2) is 5.01 Å². The zero-order valence-electron chi connectivity index (χ0n) is 9.43. The minimum Gasteiger partial charge on any atom is -0.461 e. The molecule has 0 bridgehead atoms. The number of hydrazone groups is 1. The Morgan fingerprint density at radius 3 is 2.36 bits per heavy atom. The van der Waals surface area contributed by atoms with E-state index in [2.05, 4.69) is 5.10 Å². The molecule has 0 fully saturated rings. The molecule has 82 valence electrons. The maximum Gasteiger partial charge on any atom is 0.313 e. The van der Waals surface area contributed by atoms with Crippen LogP contribution in [0.5, 0.6) is 0 Å². The lowest BCUT2D eigenvalue weighted by Gasteiger charge is -2.29. The molecule has 0 aromatic carbocycles. The van der Waals surface area contributed by atoms with Gasteiger partial charge in [-0.3, -0.25) is 4.90 Å². The number of ether oxygens (including phenoxy) is 1. The Bertz CT molecular complexity index is 228. The third-order valence-electron chi connectivity index (χ3n) is 1.94. The molecule has 0 aromatic rings. The number of aliphatic hydroxyl groups excluding tert-OH is 1. The maximum absolute atomic E-state index is 9.77. The molecule has 0 saturated heterocycles. The van der Waals surface area contributed by atoms with Gasteiger partial charge >= 0.3 is 6.02 Å². The van der Waals surface area contributed by atoms with E-state index in [9.17, 15) is 5.11 Å². The fourth-order valence-corrected chi connectivity index (χ4v) is 1.30. The summed E-state index contributed by atoms with van der Waals surface area (Å²) in [6.45, 7) is 7.85. The number of aliphatic hydroxyl groups is 1. The van der Waals surface area contributed by atoms with E-state index in [0.717, 1.165) is 0 Å². The second kappa shape index (κ2) is 4.04. The van der Waals surface area contributed by atoms with E-state index in [0.29, 0.717) is 6.02 Å². The van der Waals surface area contributed by atoms with E-state index in [1.54, 1.807) is 11.9 Å². The zero-order valence-corrected chi connectivity index (χ0v) is 9.43. The number of nitrogens with zero attached hydrogens (tertiary/aromatic N) is 3. The van der Waals surface area contributed by atoms with Crippen molar-refractivity contribution in [3.05, 3.63) is 0 Å². The highest BCUT2D eigenvalue weighted by atomic mass is 16.5. The molecule has 0 aliphatic carbocycles. The third kappa shape index (κ3) is 2.09. The first-order valence-electron chi connectivity index (χ1n) is 4.88. The van der Waals surface area contributed by atoms with Crippen molar-refractivity contribution in [1.29, 1.82) is 0 Å². The van der Waals surface area contributed by atoms with Gasteiger partial charge in [0, 0.05) is 13.1 Å². The first kappa shape index (κ1) is 11.1. The molecule has 0 radical (unpaired) electrons. The Labute approximate surface area is 84.9 Å². The summed E-state index contributed by atoms with van der Waals surface area (Å²) in [6.07, 6.45) is -0.655. The van der Waals surface area contributed by atoms with Crippen LogP contribution in [0, 0.1) is 0 Å². The van der Waals surface area contributed by atoms with E-state index in [1.165, 1.54) is 5.01 Å². The highest BCUT2D eigenvalue weighted by molar-refractivity contribution is 5.75. The smallest absolute Gasteiger partial charge is 0.313 e. The van der Waals surface area contributed by atoms with Crippen molar-refractivity contribution in [3.8, 4) is 0 Å². The molecule has 5 heteroatoms. The average molecular weight is 201 g/mol. The molecule has 1 aliphatic rings.